The maximum atomic E-state index is 14.2. The molecule has 1 amide bonds. The number of thiazole rings is 1. The Morgan fingerprint density at radius 2 is 1.68 bits per heavy atom. The van der Waals surface area contributed by atoms with Crippen molar-refractivity contribution >= 4 is 45.4 Å². The van der Waals surface area contributed by atoms with E-state index in [1.165, 1.54) is 54.8 Å². The number of rotatable bonds is 5. The van der Waals surface area contributed by atoms with Crippen LogP contribution in [0.25, 0.3) is 5.76 Å². The topological polar surface area (TPSA) is 186 Å². The van der Waals surface area contributed by atoms with E-state index in [2.05, 4.69) is 10.7 Å². The number of nitrogens with zero attached hydrogens (tertiary/aromatic N) is 2. The molecule has 9 rings (SSSR count). The maximum absolute atomic E-state index is 14.2. The Kier molecular flexibility index (Phi) is 6.75. The number of aromatic nitrogens is 1. The first-order valence-corrected chi connectivity index (χ1v) is 17.4. The number of hydrogen-bond donors (Lipinski definition) is 6. The number of ketones is 2. The first kappa shape index (κ1) is 30.6. The minimum absolute atomic E-state index is 0.0477. The van der Waals surface area contributed by atoms with Crippen molar-refractivity contribution in [1.29, 1.82) is 0 Å². The van der Waals surface area contributed by atoms with Crippen LogP contribution in [0.15, 0.2) is 34.4 Å². The minimum atomic E-state index is -1.56. The Morgan fingerprint density at radius 3 is 2.28 bits per heavy atom. The molecule has 1 heterocycles. The third kappa shape index (κ3) is 4.23. The first-order chi connectivity index (χ1) is 22.3. The molecular weight excluding hydrogens is 620 g/mol. The smallest absolute Gasteiger partial charge is 0.255 e. The van der Waals surface area contributed by atoms with Gasteiger partial charge in [-0.15, -0.1) is 11.3 Å². The fourth-order valence-corrected chi connectivity index (χ4v) is 11.7. The zero-order valence-corrected chi connectivity index (χ0v) is 27.4. The number of aromatic hydroxyl groups is 1. The van der Waals surface area contributed by atoms with E-state index < -0.39 is 70.4 Å². The first-order valence-electron chi connectivity index (χ1n) is 16.5. The molecule has 248 valence electrons. The number of nitrogens with one attached hydrogen (secondary N) is 1. The molecule has 0 saturated heterocycles. The predicted molar refractivity (Wildman–Crippen MR) is 174 cm³/mol. The number of anilines is 2. The average molecular weight is 661 g/mol. The summed E-state index contributed by atoms with van der Waals surface area (Å²) in [6, 6.07) is 2.41. The highest BCUT2D eigenvalue weighted by Crippen LogP contribution is 2.61. The van der Waals surface area contributed by atoms with Gasteiger partial charge in [0.1, 0.15) is 22.8 Å². The fourth-order valence-electron chi connectivity index (χ4n) is 10.8. The molecule has 47 heavy (non-hydrogen) atoms. The number of likely N-dealkylation sites (N-methyl/N-ethyl adjacent to an activating group) is 1. The molecule has 11 nitrogen and oxygen atoms in total. The highest BCUT2D eigenvalue weighted by atomic mass is 32.1. The van der Waals surface area contributed by atoms with E-state index in [4.69, 9.17) is 10.7 Å². The van der Waals surface area contributed by atoms with Crippen molar-refractivity contribution in [2.75, 3.05) is 19.4 Å². The van der Waals surface area contributed by atoms with E-state index in [1.54, 1.807) is 33.2 Å². The Bertz CT molecular complexity index is 1770. The van der Waals surface area contributed by atoms with Gasteiger partial charge >= 0.3 is 0 Å². The van der Waals surface area contributed by atoms with Gasteiger partial charge in [0, 0.05) is 28.2 Å². The van der Waals surface area contributed by atoms with Crippen molar-refractivity contribution in [3.05, 3.63) is 51.2 Å². The minimum Gasteiger partial charge on any atom is -0.510 e. The van der Waals surface area contributed by atoms with Crippen LogP contribution in [-0.2, 0) is 19.8 Å². The number of carbonyl (C=O) groups is 3. The lowest BCUT2D eigenvalue weighted by Crippen LogP contribution is -2.61. The second-order valence-electron chi connectivity index (χ2n) is 15.2. The summed E-state index contributed by atoms with van der Waals surface area (Å²) in [5.74, 6) is -6.10. The van der Waals surface area contributed by atoms with Crippen LogP contribution < -0.4 is 11.1 Å². The van der Waals surface area contributed by atoms with Crippen molar-refractivity contribution in [3.63, 3.8) is 0 Å². The number of benzene rings is 1. The molecule has 1 aromatic carbocycles. The van der Waals surface area contributed by atoms with Crippen LogP contribution in [0, 0.1) is 35.5 Å². The SMILES string of the molecule is C[C@H]1c2ccc(Nc3nc(C45CC6CC(CC(C6)C4)C5)cs3)c(O)c2C(O)=C2C(=O)C3C(=O)C(C(N)=O)=C(O)[C@@H](N(C)C)C3C(O)C21. The molecule has 0 spiro atoms. The monoisotopic (exact) mass is 660 g/mol. The lowest BCUT2D eigenvalue weighted by Gasteiger charge is -2.56. The normalized spacial score (nSPS) is 37.3. The van der Waals surface area contributed by atoms with E-state index in [0.29, 0.717) is 16.4 Å². The van der Waals surface area contributed by atoms with Crippen LogP contribution in [-0.4, -0.2) is 74.0 Å². The lowest BCUT2D eigenvalue weighted by molar-refractivity contribution is -0.143. The van der Waals surface area contributed by atoms with Crippen LogP contribution >= 0.6 is 11.3 Å². The number of fused-ring (bicyclic) bond motifs is 3. The molecule has 5 fully saturated rings. The summed E-state index contributed by atoms with van der Waals surface area (Å²) in [5.41, 5.74) is 6.71. The Hall–Kier alpha value is -3.74. The molecule has 5 saturated carbocycles. The molecule has 12 heteroatoms. The predicted octanol–water partition coefficient (Wildman–Crippen LogP) is 4.05. The molecule has 1 aromatic heterocycles. The van der Waals surface area contributed by atoms with Crippen molar-refractivity contribution < 1.29 is 34.8 Å². The quantitative estimate of drug-likeness (QED) is 0.155. The number of aliphatic hydroxyl groups is 3. The van der Waals surface area contributed by atoms with Crippen LogP contribution in [0.4, 0.5) is 10.8 Å². The number of hydrogen-bond acceptors (Lipinski definition) is 11. The van der Waals surface area contributed by atoms with E-state index in [1.807, 2.05) is 0 Å². The summed E-state index contributed by atoms with van der Waals surface area (Å²) in [5, 5.41) is 52.0. The van der Waals surface area contributed by atoms with Gasteiger partial charge < -0.3 is 31.5 Å². The van der Waals surface area contributed by atoms with Crippen LogP contribution in [0.5, 0.6) is 5.75 Å². The molecule has 7 N–H and O–H groups in total. The van der Waals surface area contributed by atoms with Gasteiger partial charge in [-0.25, -0.2) is 4.98 Å². The van der Waals surface area contributed by atoms with Gasteiger partial charge in [-0.3, -0.25) is 19.3 Å². The van der Waals surface area contributed by atoms with Crippen molar-refractivity contribution in [3.8, 4) is 5.75 Å². The van der Waals surface area contributed by atoms with Gasteiger partial charge in [-0.2, -0.15) is 0 Å². The van der Waals surface area contributed by atoms with Crippen LogP contribution in [0.1, 0.15) is 68.2 Å². The van der Waals surface area contributed by atoms with E-state index in [-0.39, 0.29) is 22.3 Å². The number of Topliss-reactive ketones (excluding diaryl/α,β-unsaturated/α-hetero) is 2. The molecule has 0 radical (unpaired) electrons. The summed E-state index contributed by atoms with van der Waals surface area (Å²) in [4.78, 5) is 46.5. The van der Waals surface area contributed by atoms with Crippen molar-refractivity contribution in [2.24, 2.45) is 41.2 Å². The molecule has 6 atom stereocenters. The maximum Gasteiger partial charge on any atom is 0.255 e. The number of nitrogens with two attached hydrogens (primary N) is 1. The Morgan fingerprint density at radius 1 is 1.04 bits per heavy atom. The second kappa shape index (κ2) is 10.4. The second-order valence-corrected chi connectivity index (χ2v) is 16.0. The Balaban J connectivity index is 1.15. The molecule has 0 aliphatic heterocycles. The summed E-state index contributed by atoms with van der Waals surface area (Å²) in [6.45, 7) is 1.79. The third-order valence-electron chi connectivity index (χ3n) is 12.3. The third-order valence-corrected chi connectivity index (χ3v) is 13.1. The zero-order chi connectivity index (χ0) is 33.3. The highest BCUT2D eigenvalue weighted by Gasteiger charge is 2.61. The van der Waals surface area contributed by atoms with E-state index >= 15 is 0 Å². The number of amides is 1. The van der Waals surface area contributed by atoms with Gasteiger partial charge in [0.2, 0.25) is 0 Å². The molecule has 7 aliphatic carbocycles. The molecule has 4 unspecified atom stereocenters. The summed E-state index contributed by atoms with van der Waals surface area (Å²) in [7, 11) is 3.21. The summed E-state index contributed by atoms with van der Waals surface area (Å²) < 4.78 is 0. The van der Waals surface area contributed by atoms with Crippen LogP contribution in [0.2, 0.25) is 0 Å². The number of phenols is 1. The molecule has 7 aliphatic rings. The zero-order valence-electron chi connectivity index (χ0n) is 26.6. The number of carbonyl (C=O) groups excluding carboxylic acids is 3. The number of primary amides is 1. The average Bonchev–Trinajstić information content (AvgIpc) is 3.47. The van der Waals surface area contributed by atoms with E-state index in [9.17, 15) is 34.8 Å². The molecular formula is C35H40N4O7S. The van der Waals surface area contributed by atoms with Crippen LogP contribution in [0.3, 0.4) is 0 Å². The van der Waals surface area contributed by atoms with Crippen molar-refractivity contribution in [2.45, 2.75) is 68.9 Å². The Labute approximate surface area is 276 Å². The van der Waals surface area contributed by atoms with Gasteiger partial charge in [0.25, 0.3) is 5.91 Å². The standard InChI is InChI=1S/C35H40N4O7S/c1-13-17-4-5-18(37-34-38-19(12-47-34)35-9-14-6-15(10-35)8-16(7-14)11-35)27(40)21(17)29(42)23-20(13)28(41)22-24(30(23)43)31(44)25(33(36)46)32(45)26(22)39(2)3/h4-5,12-16,20,22,24,26,28,40-42,45H,6-11H2,1-3H3,(H2,36,46)(H,37,38)/t13-,14?,15?,16?,20?,22?,24?,26-,28?,35?/m0/s1. The molecule has 2 aromatic rings. The van der Waals surface area contributed by atoms with Crippen molar-refractivity contribution in [1.82, 2.24) is 9.88 Å². The van der Waals surface area contributed by atoms with Gasteiger partial charge in [0.15, 0.2) is 16.7 Å². The molecule has 4 bridgehead atoms. The number of phenolic OH excluding ortho intramolecular Hbond substituents is 1. The van der Waals surface area contributed by atoms with Gasteiger partial charge in [-0.05, 0) is 87.9 Å². The van der Waals surface area contributed by atoms with Gasteiger partial charge in [-0.1, -0.05) is 13.0 Å². The summed E-state index contributed by atoms with van der Waals surface area (Å²) in [6.07, 6.45) is 6.21. The van der Waals surface area contributed by atoms with E-state index in [0.717, 1.165) is 23.4 Å². The summed E-state index contributed by atoms with van der Waals surface area (Å²) >= 11 is 1.48. The lowest BCUT2D eigenvalue weighted by atomic mass is 9.49. The largest absolute Gasteiger partial charge is 0.510 e. The number of aliphatic hydroxyl groups excluding tert-OH is 3. The fraction of sp³-hybridized carbons (Fsp3) is 0.543. The van der Waals surface area contributed by atoms with Gasteiger partial charge in [0.05, 0.1) is 35.0 Å². The highest BCUT2D eigenvalue weighted by molar-refractivity contribution is 7.13.